The molecule has 38 heavy (non-hydrogen) atoms. The van der Waals surface area contributed by atoms with Gasteiger partial charge in [0.25, 0.3) is 0 Å². The summed E-state index contributed by atoms with van der Waals surface area (Å²) in [4.78, 5) is 28.8. The summed E-state index contributed by atoms with van der Waals surface area (Å²) >= 11 is 0. The molecular formula is C29H35N3O5S. The first kappa shape index (κ1) is 28.7. The highest BCUT2D eigenvalue weighted by Crippen LogP contribution is 2.23. The Morgan fingerprint density at radius 3 is 2.16 bits per heavy atom. The molecule has 3 rings (SSSR count). The number of carbonyl (C=O) groups is 2. The molecule has 1 atom stereocenters. The van der Waals surface area contributed by atoms with Gasteiger partial charge >= 0.3 is 0 Å². The molecule has 1 N–H and O–H groups in total. The van der Waals surface area contributed by atoms with E-state index in [1.54, 1.807) is 24.3 Å². The standard InChI is InChI=1S/C29H35N3O5S/c1-5-30-29(34)27(19-23-12-7-6-8-13-23)31(20-24-14-10-9-11-22(24)2)28(33)21-32(38(4,35)36)25-15-17-26(37-3)18-16-25/h6-18,27H,5,19-21H2,1-4H3,(H,30,34)/t27-/m1/s1. The average molecular weight is 538 g/mol. The Morgan fingerprint density at radius 2 is 1.58 bits per heavy atom. The quantitative estimate of drug-likeness (QED) is 0.381. The molecule has 0 unspecified atom stereocenters. The van der Waals surface area contributed by atoms with Gasteiger partial charge in [-0.3, -0.25) is 13.9 Å². The first-order chi connectivity index (χ1) is 18.1. The molecule has 9 heteroatoms. The zero-order valence-corrected chi connectivity index (χ0v) is 23.1. The third-order valence-electron chi connectivity index (χ3n) is 6.26. The highest BCUT2D eigenvalue weighted by molar-refractivity contribution is 7.92. The summed E-state index contributed by atoms with van der Waals surface area (Å²) in [6, 6.07) is 22.7. The second kappa shape index (κ2) is 13.1. The third-order valence-corrected chi connectivity index (χ3v) is 7.40. The van der Waals surface area contributed by atoms with Crippen molar-refractivity contribution in [1.29, 1.82) is 0 Å². The van der Waals surface area contributed by atoms with Crippen molar-refractivity contribution < 1.29 is 22.7 Å². The van der Waals surface area contributed by atoms with E-state index in [0.717, 1.165) is 27.3 Å². The van der Waals surface area contributed by atoms with Crippen molar-refractivity contribution in [3.63, 3.8) is 0 Å². The van der Waals surface area contributed by atoms with E-state index in [1.165, 1.54) is 12.0 Å². The zero-order valence-electron chi connectivity index (χ0n) is 22.3. The molecule has 0 saturated carbocycles. The van der Waals surface area contributed by atoms with Crippen molar-refractivity contribution in [2.75, 3.05) is 30.8 Å². The molecule has 0 aliphatic carbocycles. The average Bonchev–Trinajstić information content (AvgIpc) is 2.90. The Hall–Kier alpha value is -3.85. The van der Waals surface area contributed by atoms with Crippen LogP contribution in [0.3, 0.4) is 0 Å². The lowest BCUT2D eigenvalue weighted by Gasteiger charge is -2.33. The number of aryl methyl sites for hydroxylation is 1. The Labute approximate surface area is 225 Å². The van der Waals surface area contributed by atoms with Gasteiger partial charge in [-0.05, 0) is 54.8 Å². The van der Waals surface area contributed by atoms with Crippen molar-refractivity contribution >= 4 is 27.5 Å². The molecule has 0 spiro atoms. The molecule has 2 amide bonds. The Kier molecular flexibility index (Phi) is 9.90. The van der Waals surface area contributed by atoms with Gasteiger partial charge in [0.1, 0.15) is 18.3 Å². The maximum absolute atomic E-state index is 14.0. The minimum atomic E-state index is -3.82. The second-order valence-corrected chi connectivity index (χ2v) is 10.9. The molecule has 0 radical (unpaired) electrons. The van der Waals surface area contributed by atoms with Gasteiger partial charge in [0, 0.05) is 19.5 Å². The van der Waals surface area contributed by atoms with Crippen LogP contribution in [0, 0.1) is 6.92 Å². The molecule has 0 aliphatic heterocycles. The van der Waals surface area contributed by atoms with Gasteiger partial charge in [-0.1, -0.05) is 54.6 Å². The van der Waals surface area contributed by atoms with E-state index in [1.807, 2.05) is 68.4 Å². The van der Waals surface area contributed by atoms with Crippen LogP contribution in [0.25, 0.3) is 0 Å². The summed E-state index contributed by atoms with van der Waals surface area (Å²) in [7, 11) is -2.30. The van der Waals surface area contributed by atoms with Crippen LogP contribution in [0.15, 0.2) is 78.9 Å². The molecule has 0 fully saturated rings. The second-order valence-electron chi connectivity index (χ2n) is 9.02. The van der Waals surface area contributed by atoms with Gasteiger partial charge in [-0.25, -0.2) is 8.42 Å². The lowest BCUT2D eigenvalue weighted by atomic mass is 10.0. The molecule has 8 nitrogen and oxygen atoms in total. The number of methoxy groups -OCH3 is 1. The topological polar surface area (TPSA) is 96.0 Å². The summed E-state index contributed by atoms with van der Waals surface area (Å²) < 4.78 is 31.8. The Bertz CT molecular complexity index is 1330. The van der Waals surface area contributed by atoms with E-state index < -0.39 is 28.5 Å². The fourth-order valence-electron chi connectivity index (χ4n) is 4.18. The van der Waals surface area contributed by atoms with Crippen molar-refractivity contribution in [2.45, 2.75) is 32.9 Å². The number of anilines is 1. The minimum Gasteiger partial charge on any atom is -0.497 e. The largest absolute Gasteiger partial charge is 0.497 e. The summed E-state index contributed by atoms with van der Waals surface area (Å²) in [5.74, 6) is -0.218. The van der Waals surface area contributed by atoms with Crippen molar-refractivity contribution in [3.05, 3.63) is 95.6 Å². The van der Waals surface area contributed by atoms with Crippen LogP contribution in [0.5, 0.6) is 5.75 Å². The first-order valence-electron chi connectivity index (χ1n) is 12.4. The van der Waals surface area contributed by atoms with E-state index in [4.69, 9.17) is 4.74 Å². The molecule has 0 saturated heterocycles. The number of hydrogen-bond donors (Lipinski definition) is 1. The normalized spacial score (nSPS) is 11.9. The summed E-state index contributed by atoms with van der Waals surface area (Å²) in [5.41, 5.74) is 3.06. The predicted octanol–water partition coefficient (Wildman–Crippen LogP) is 3.55. The predicted molar refractivity (Wildman–Crippen MR) is 150 cm³/mol. The van der Waals surface area contributed by atoms with Gasteiger partial charge in [-0.15, -0.1) is 0 Å². The number of hydrogen-bond acceptors (Lipinski definition) is 5. The number of sulfonamides is 1. The van der Waals surface area contributed by atoms with E-state index in [9.17, 15) is 18.0 Å². The van der Waals surface area contributed by atoms with Crippen LogP contribution in [-0.4, -0.2) is 57.6 Å². The van der Waals surface area contributed by atoms with E-state index in [0.29, 0.717) is 18.0 Å². The van der Waals surface area contributed by atoms with Crippen LogP contribution in [0.4, 0.5) is 5.69 Å². The van der Waals surface area contributed by atoms with Gasteiger partial charge in [0.05, 0.1) is 19.1 Å². The zero-order chi connectivity index (χ0) is 27.7. The third kappa shape index (κ3) is 7.58. The Morgan fingerprint density at radius 1 is 0.947 bits per heavy atom. The van der Waals surface area contributed by atoms with Gasteiger partial charge < -0.3 is 15.0 Å². The highest BCUT2D eigenvalue weighted by Gasteiger charge is 2.33. The SMILES string of the molecule is CCNC(=O)[C@@H](Cc1ccccc1)N(Cc1ccccc1C)C(=O)CN(c1ccc(OC)cc1)S(C)(=O)=O. The number of rotatable bonds is 12. The van der Waals surface area contributed by atoms with Gasteiger partial charge in [-0.2, -0.15) is 0 Å². The number of nitrogens with one attached hydrogen (secondary N) is 1. The summed E-state index contributed by atoms with van der Waals surface area (Å²) in [6.07, 6.45) is 1.34. The maximum atomic E-state index is 14.0. The molecule has 3 aromatic carbocycles. The molecular weight excluding hydrogens is 502 g/mol. The van der Waals surface area contributed by atoms with Crippen LogP contribution >= 0.6 is 0 Å². The van der Waals surface area contributed by atoms with E-state index in [2.05, 4.69) is 5.32 Å². The number of likely N-dealkylation sites (N-methyl/N-ethyl adjacent to an activating group) is 1. The lowest BCUT2D eigenvalue weighted by molar-refractivity contribution is -0.140. The fraction of sp³-hybridized carbons (Fsp3) is 0.310. The van der Waals surface area contributed by atoms with Gasteiger partial charge in [0.15, 0.2) is 0 Å². The maximum Gasteiger partial charge on any atom is 0.244 e. The number of carbonyl (C=O) groups excluding carboxylic acids is 2. The lowest BCUT2D eigenvalue weighted by Crippen LogP contribution is -2.53. The van der Waals surface area contributed by atoms with Crippen LogP contribution in [-0.2, 0) is 32.6 Å². The van der Waals surface area contributed by atoms with Gasteiger partial charge in [0.2, 0.25) is 21.8 Å². The minimum absolute atomic E-state index is 0.153. The fourth-order valence-corrected chi connectivity index (χ4v) is 5.03. The van der Waals surface area contributed by atoms with Crippen molar-refractivity contribution in [3.8, 4) is 5.75 Å². The summed E-state index contributed by atoms with van der Waals surface area (Å²) in [5, 5.41) is 2.85. The molecule has 202 valence electrons. The van der Waals surface area contributed by atoms with E-state index in [-0.39, 0.29) is 18.9 Å². The smallest absolute Gasteiger partial charge is 0.244 e. The van der Waals surface area contributed by atoms with Crippen LogP contribution in [0.2, 0.25) is 0 Å². The Balaban J connectivity index is 2.03. The molecule has 3 aromatic rings. The molecule has 0 bridgehead atoms. The summed E-state index contributed by atoms with van der Waals surface area (Å²) in [6.45, 7) is 3.86. The number of amides is 2. The molecule has 0 aromatic heterocycles. The van der Waals surface area contributed by atoms with Crippen LogP contribution in [0.1, 0.15) is 23.6 Å². The van der Waals surface area contributed by atoms with Crippen LogP contribution < -0.4 is 14.4 Å². The molecule has 0 aliphatic rings. The number of ether oxygens (including phenoxy) is 1. The first-order valence-corrected chi connectivity index (χ1v) is 14.3. The number of nitrogens with zero attached hydrogens (tertiary/aromatic N) is 2. The molecule has 0 heterocycles. The monoisotopic (exact) mass is 537 g/mol. The number of benzene rings is 3. The van der Waals surface area contributed by atoms with Crippen molar-refractivity contribution in [2.24, 2.45) is 0 Å². The van der Waals surface area contributed by atoms with E-state index >= 15 is 0 Å². The highest BCUT2D eigenvalue weighted by atomic mass is 32.2. The van der Waals surface area contributed by atoms with Crippen molar-refractivity contribution in [1.82, 2.24) is 10.2 Å².